The SMILES string of the molecule is Cc1nc(-c2c[nH]c3ncc(Br)cc23)cs1.Cc1nc(-c2cn(S(=O)(=O)c3ccccc3)c3ncc(Br)cc23)cs1.O=S(=O)(Cl)c1ccccc1. The Bertz CT molecular complexity index is 2700. The molecule has 0 amide bonds. The zero-order valence-corrected chi connectivity index (χ0v) is 33.7. The molecule has 8 rings (SSSR count). The molecule has 0 saturated heterocycles. The molecule has 0 aliphatic rings. The highest BCUT2D eigenvalue weighted by Crippen LogP contribution is 2.34. The van der Waals surface area contributed by atoms with E-state index in [4.69, 9.17) is 10.7 Å². The molecule has 10 nitrogen and oxygen atoms in total. The van der Waals surface area contributed by atoms with Crippen LogP contribution in [0.3, 0.4) is 0 Å². The number of thiazole rings is 2. The number of hydrogen-bond donors (Lipinski definition) is 1. The third kappa shape index (κ3) is 8.49. The molecule has 0 aliphatic heterocycles. The van der Waals surface area contributed by atoms with Crippen molar-refractivity contribution >= 4 is 106 Å². The molecule has 0 radical (unpaired) electrons. The molecule has 0 bridgehead atoms. The maximum atomic E-state index is 13.1. The van der Waals surface area contributed by atoms with Crippen LogP contribution in [0.25, 0.3) is 44.6 Å². The highest BCUT2D eigenvalue weighted by molar-refractivity contribution is 9.10. The molecule has 17 heteroatoms. The molecule has 2 aromatic carbocycles. The van der Waals surface area contributed by atoms with E-state index in [0.29, 0.717) is 5.65 Å². The molecule has 0 fully saturated rings. The smallest absolute Gasteiger partial charge is 0.269 e. The van der Waals surface area contributed by atoms with Crippen molar-refractivity contribution in [3.8, 4) is 22.5 Å². The number of aryl methyl sites for hydroxylation is 2. The van der Waals surface area contributed by atoms with E-state index in [-0.39, 0.29) is 9.79 Å². The Labute approximate surface area is 323 Å². The van der Waals surface area contributed by atoms with Gasteiger partial charge in [-0.3, -0.25) is 0 Å². The van der Waals surface area contributed by atoms with Crippen LogP contribution in [0.1, 0.15) is 10.0 Å². The summed E-state index contributed by atoms with van der Waals surface area (Å²) in [6, 6.07) is 20.1. The number of rotatable bonds is 5. The molecule has 0 unspecified atom stereocenters. The van der Waals surface area contributed by atoms with E-state index in [9.17, 15) is 16.8 Å². The molecule has 0 spiro atoms. The second kappa shape index (κ2) is 15.5. The second-order valence-electron chi connectivity index (χ2n) is 10.7. The van der Waals surface area contributed by atoms with Gasteiger partial charge >= 0.3 is 0 Å². The Morgan fingerprint density at radius 1 is 0.725 bits per heavy atom. The first-order valence-corrected chi connectivity index (χ1v) is 21.9. The Balaban J connectivity index is 0.000000147. The third-order valence-corrected chi connectivity index (χ3v) is 12.6. The highest BCUT2D eigenvalue weighted by Gasteiger charge is 2.23. The van der Waals surface area contributed by atoms with E-state index < -0.39 is 19.1 Å². The van der Waals surface area contributed by atoms with Crippen LogP contribution in [0.4, 0.5) is 0 Å². The fraction of sp³-hybridized carbons (Fsp3) is 0.0588. The van der Waals surface area contributed by atoms with Gasteiger partial charge in [0.15, 0.2) is 5.65 Å². The lowest BCUT2D eigenvalue weighted by atomic mass is 10.2. The molecule has 6 heterocycles. The molecule has 0 aliphatic carbocycles. The molecule has 260 valence electrons. The van der Waals surface area contributed by atoms with E-state index in [1.54, 1.807) is 78.5 Å². The first kappa shape index (κ1) is 37.0. The summed E-state index contributed by atoms with van der Waals surface area (Å²) in [5.41, 5.74) is 4.88. The minimum Gasteiger partial charge on any atom is -0.345 e. The van der Waals surface area contributed by atoms with Crippen LogP contribution in [0.5, 0.6) is 0 Å². The van der Waals surface area contributed by atoms with Gasteiger partial charge in [-0.2, -0.15) is 0 Å². The molecule has 0 saturated carbocycles. The zero-order chi connectivity index (χ0) is 36.3. The quantitative estimate of drug-likeness (QED) is 0.168. The molecular weight excluding hydrogens is 880 g/mol. The summed E-state index contributed by atoms with van der Waals surface area (Å²) in [6.07, 6.45) is 6.93. The van der Waals surface area contributed by atoms with Crippen molar-refractivity contribution in [2.75, 3.05) is 0 Å². The van der Waals surface area contributed by atoms with Crippen molar-refractivity contribution in [2.24, 2.45) is 0 Å². The number of halogens is 3. The normalized spacial score (nSPS) is 11.5. The fourth-order valence-corrected chi connectivity index (χ4v) is 8.92. The molecule has 51 heavy (non-hydrogen) atoms. The van der Waals surface area contributed by atoms with Crippen molar-refractivity contribution in [2.45, 2.75) is 23.6 Å². The summed E-state index contributed by atoms with van der Waals surface area (Å²) in [6.45, 7) is 3.93. The van der Waals surface area contributed by atoms with Gasteiger partial charge in [-0.1, -0.05) is 36.4 Å². The number of nitrogens with zero attached hydrogens (tertiary/aromatic N) is 5. The van der Waals surface area contributed by atoms with Crippen molar-refractivity contribution in [3.05, 3.63) is 127 Å². The third-order valence-electron chi connectivity index (χ3n) is 7.19. The number of aromatic amines is 1. The van der Waals surface area contributed by atoms with Crippen LogP contribution >= 0.6 is 65.2 Å². The number of H-pyrrole nitrogens is 1. The summed E-state index contributed by atoms with van der Waals surface area (Å²) < 4.78 is 50.3. The lowest BCUT2D eigenvalue weighted by Gasteiger charge is -2.06. The summed E-state index contributed by atoms with van der Waals surface area (Å²) in [7, 11) is -2.24. The van der Waals surface area contributed by atoms with Crippen LogP contribution in [0.15, 0.2) is 127 Å². The average molecular weight is 905 g/mol. The van der Waals surface area contributed by atoms with Gasteiger partial charge in [-0.05, 0) is 82.1 Å². The van der Waals surface area contributed by atoms with Crippen molar-refractivity contribution < 1.29 is 16.8 Å². The average Bonchev–Trinajstić information content (AvgIpc) is 3.92. The maximum absolute atomic E-state index is 13.1. The van der Waals surface area contributed by atoms with E-state index in [2.05, 4.69) is 68.2 Å². The number of aromatic nitrogens is 6. The monoisotopic (exact) mass is 902 g/mol. The first-order chi connectivity index (χ1) is 24.3. The van der Waals surface area contributed by atoms with Crippen LogP contribution < -0.4 is 0 Å². The van der Waals surface area contributed by atoms with E-state index in [1.807, 2.05) is 31.5 Å². The lowest BCUT2D eigenvalue weighted by molar-refractivity contribution is 0.588. The van der Waals surface area contributed by atoms with Crippen LogP contribution in [0.2, 0.25) is 0 Å². The summed E-state index contributed by atoms with van der Waals surface area (Å²) >= 11 is 10.0. The molecule has 6 aromatic heterocycles. The first-order valence-electron chi connectivity index (χ1n) is 14.8. The highest BCUT2D eigenvalue weighted by atomic mass is 79.9. The fourth-order valence-electron chi connectivity index (χ4n) is 4.89. The molecule has 8 aromatic rings. The minimum absolute atomic E-state index is 0.136. The van der Waals surface area contributed by atoms with Crippen LogP contribution in [0, 0.1) is 13.8 Å². The summed E-state index contributed by atoms with van der Waals surface area (Å²) in [4.78, 5) is 21.1. The van der Waals surface area contributed by atoms with Crippen molar-refractivity contribution in [1.29, 1.82) is 0 Å². The number of hydrogen-bond acceptors (Lipinski definition) is 10. The van der Waals surface area contributed by atoms with Crippen LogP contribution in [-0.4, -0.2) is 45.7 Å². The van der Waals surface area contributed by atoms with E-state index >= 15 is 0 Å². The topological polar surface area (TPSA) is 141 Å². The second-order valence-corrected chi connectivity index (χ2v) is 19.0. The largest absolute Gasteiger partial charge is 0.345 e. The predicted molar refractivity (Wildman–Crippen MR) is 211 cm³/mol. The standard InChI is InChI=1S/C17H12BrN3O2S2.C11H8BrN3S.C6H5ClO2S/c1-11-20-16(10-24-11)15-9-21(17-14(15)7-12(18)8-19-17)25(22,23)13-5-3-2-4-6-13;1-6-15-10(5-16-6)9-4-14-11-8(9)2-7(12)3-13-11;7-10(8,9)6-4-2-1-3-5-6/h2-10H,1H3;2-5H,1H3,(H,13,14);1-5H. The van der Waals surface area contributed by atoms with Crippen molar-refractivity contribution in [3.63, 3.8) is 0 Å². The predicted octanol–water partition coefficient (Wildman–Crippen LogP) is 9.84. The van der Waals surface area contributed by atoms with Gasteiger partial charge in [0.05, 0.1) is 31.2 Å². The van der Waals surface area contributed by atoms with Crippen LogP contribution in [-0.2, 0) is 19.1 Å². The lowest BCUT2D eigenvalue weighted by Crippen LogP contribution is -2.12. The maximum Gasteiger partial charge on any atom is 0.269 e. The van der Waals surface area contributed by atoms with Gasteiger partial charge in [0, 0.05) is 77.1 Å². The van der Waals surface area contributed by atoms with Gasteiger partial charge in [0.1, 0.15) is 5.65 Å². The van der Waals surface area contributed by atoms with E-state index in [0.717, 1.165) is 57.9 Å². The number of fused-ring (bicyclic) bond motifs is 2. The Kier molecular flexibility index (Phi) is 11.2. The zero-order valence-electron chi connectivity index (χ0n) is 26.5. The Morgan fingerprint density at radius 2 is 1.25 bits per heavy atom. The number of pyridine rings is 2. The van der Waals surface area contributed by atoms with Gasteiger partial charge in [0.25, 0.3) is 19.1 Å². The van der Waals surface area contributed by atoms with E-state index in [1.165, 1.54) is 27.4 Å². The summed E-state index contributed by atoms with van der Waals surface area (Å²) in [5, 5.41) is 7.82. The molecular formula is C34H25Br2ClN6O4S4. The molecule has 1 N–H and O–H groups in total. The molecule has 0 atom stereocenters. The van der Waals surface area contributed by atoms with Gasteiger partial charge in [-0.15, -0.1) is 22.7 Å². The van der Waals surface area contributed by atoms with Crippen molar-refractivity contribution in [1.82, 2.24) is 28.9 Å². The number of nitrogens with one attached hydrogen (secondary N) is 1. The van der Waals surface area contributed by atoms with Gasteiger partial charge in [0.2, 0.25) is 0 Å². The Morgan fingerprint density at radius 3 is 1.78 bits per heavy atom. The number of benzene rings is 2. The summed E-state index contributed by atoms with van der Waals surface area (Å²) in [5.74, 6) is 0. The Hall–Kier alpha value is -3.77. The van der Waals surface area contributed by atoms with Gasteiger partial charge in [-0.25, -0.2) is 40.7 Å². The van der Waals surface area contributed by atoms with Gasteiger partial charge < -0.3 is 4.98 Å². The minimum atomic E-state index is -3.74.